The first-order valence-electron chi connectivity index (χ1n) is 8.59. The summed E-state index contributed by atoms with van der Waals surface area (Å²) in [7, 11) is 4.17. The Labute approximate surface area is 148 Å². The van der Waals surface area contributed by atoms with Crippen LogP contribution in [0.3, 0.4) is 0 Å². The number of rotatable bonds is 8. The lowest BCUT2D eigenvalue weighted by atomic mass is 10.4. The van der Waals surface area contributed by atoms with Crippen molar-refractivity contribution < 1.29 is 0 Å². The summed E-state index contributed by atoms with van der Waals surface area (Å²) in [6.07, 6.45) is 4.81. The number of aromatic nitrogens is 1. The van der Waals surface area contributed by atoms with Crippen LogP contribution in [0.4, 0.5) is 0 Å². The van der Waals surface area contributed by atoms with Crippen molar-refractivity contribution in [2.45, 2.75) is 39.3 Å². The molecule has 0 radical (unpaired) electrons. The fourth-order valence-electron chi connectivity index (χ4n) is 2.83. The smallest absolute Gasteiger partial charge is 0.194 e. The van der Waals surface area contributed by atoms with Gasteiger partial charge in [-0.15, -0.1) is 0 Å². The second kappa shape index (κ2) is 8.73. The summed E-state index contributed by atoms with van der Waals surface area (Å²) in [6, 6.07) is 2.97. The summed E-state index contributed by atoms with van der Waals surface area (Å²) in [4.78, 5) is 9.55. The Kier molecular flexibility index (Phi) is 6.96. The number of nitrogens with one attached hydrogen (secondary N) is 1. The van der Waals surface area contributed by atoms with E-state index in [1.54, 1.807) is 0 Å². The quantitative estimate of drug-likeness (QED) is 0.553. The first-order valence-corrected chi connectivity index (χ1v) is 9.38. The largest absolute Gasteiger partial charge is 0.357 e. The highest BCUT2D eigenvalue weighted by molar-refractivity contribution is 9.10. The third-order valence-corrected chi connectivity index (χ3v) is 4.72. The molecule has 1 fully saturated rings. The highest BCUT2D eigenvalue weighted by Gasteiger charge is 2.27. The summed E-state index contributed by atoms with van der Waals surface area (Å²) in [5, 5.41) is 3.40. The molecular weight excluding hydrogens is 354 g/mol. The molecule has 1 aromatic rings. The van der Waals surface area contributed by atoms with Crippen LogP contribution in [0.1, 0.15) is 32.4 Å². The molecule has 130 valence electrons. The number of aliphatic imine (C=N–C) groups is 1. The van der Waals surface area contributed by atoms with Gasteiger partial charge in [0.2, 0.25) is 0 Å². The van der Waals surface area contributed by atoms with Gasteiger partial charge < -0.3 is 14.8 Å². The van der Waals surface area contributed by atoms with E-state index in [1.165, 1.54) is 18.5 Å². The maximum absolute atomic E-state index is 4.81. The van der Waals surface area contributed by atoms with Crippen molar-refractivity contribution >= 4 is 21.9 Å². The van der Waals surface area contributed by atoms with Crippen molar-refractivity contribution in [2.24, 2.45) is 12.0 Å². The standard InChI is InChI=1S/C17H30BrN5/c1-5-19-17(20-9-10-23(6-2)15-7-8-15)22(4)13-16-11-14(18)12-21(16)3/h11-12,15H,5-10,13H2,1-4H3,(H,19,20). The average molecular weight is 384 g/mol. The molecule has 1 heterocycles. The summed E-state index contributed by atoms with van der Waals surface area (Å²) >= 11 is 3.54. The molecule has 1 aliphatic carbocycles. The number of likely N-dealkylation sites (N-methyl/N-ethyl adjacent to an activating group) is 1. The van der Waals surface area contributed by atoms with Gasteiger partial charge in [-0.3, -0.25) is 9.89 Å². The fraction of sp³-hybridized carbons (Fsp3) is 0.706. The van der Waals surface area contributed by atoms with Crippen molar-refractivity contribution in [3.63, 3.8) is 0 Å². The second-order valence-corrected chi connectivity index (χ2v) is 7.13. The summed E-state index contributed by atoms with van der Waals surface area (Å²) in [6.45, 7) is 9.13. The van der Waals surface area contributed by atoms with Crippen LogP contribution in [-0.4, -0.2) is 59.6 Å². The molecule has 0 amide bonds. The normalized spacial score (nSPS) is 15.3. The van der Waals surface area contributed by atoms with Crippen molar-refractivity contribution in [1.82, 2.24) is 19.7 Å². The van der Waals surface area contributed by atoms with Gasteiger partial charge in [0.15, 0.2) is 5.96 Å². The molecule has 0 unspecified atom stereocenters. The van der Waals surface area contributed by atoms with Gasteiger partial charge in [-0.25, -0.2) is 0 Å². The molecule has 1 aromatic heterocycles. The molecule has 5 nitrogen and oxygen atoms in total. The lowest BCUT2D eigenvalue weighted by Crippen LogP contribution is -2.39. The van der Waals surface area contributed by atoms with Crippen LogP contribution < -0.4 is 5.32 Å². The van der Waals surface area contributed by atoms with Crippen LogP contribution in [0, 0.1) is 0 Å². The molecular formula is C17H30BrN5. The molecule has 1 N–H and O–H groups in total. The predicted molar refractivity (Wildman–Crippen MR) is 101 cm³/mol. The third-order valence-electron chi connectivity index (χ3n) is 4.29. The van der Waals surface area contributed by atoms with Gasteiger partial charge in [0.25, 0.3) is 0 Å². The maximum atomic E-state index is 4.81. The van der Waals surface area contributed by atoms with Gasteiger partial charge in [0, 0.05) is 49.6 Å². The highest BCUT2D eigenvalue weighted by atomic mass is 79.9. The molecule has 0 aromatic carbocycles. The minimum atomic E-state index is 0.816. The van der Waals surface area contributed by atoms with Crippen molar-refractivity contribution in [2.75, 3.05) is 33.2 Å². The summed E-state index contributed by atoms with van der Waals surface area (Å²) in [5.74, 6) is 0.983. The van der Waals surface area contributed by atoms with E-state index in [0.717, 1.165) is 49.2 Å². The van der Waals surface area contributed by atoms with Crippen molar-refractivity contribution in [3.8, 4) is 0 Å². The van der Waals surface area contributed by atoms with Crippen molar-refractivity contribution in [1.29, 1.82) is 0 Å². The lowest BCUT2D eigenvalue weighted by molar-refractivity contribution is 0.285. The molecule has 2 rings (SSSR count). The van der Waals surface area contributed by atoms with E-state index in [4.69, 9.17) is 4.99 Å². The Balaban J connectivity index is 1.92. The Morgan fingerprint density at radius 1 is 1.43 bits per heavy atom. The zero-order chi connectivity index (χ0) is 16.8. The van der Waals surface area contributed by atoms with E-state index in [-0.39, 0.29) is 0 Å². The highest BCUT2D eigenvalue weighted by Crippen LogP contribution is 2.25. The molecule has 23 heavy (non-hydrogen) atoms. The van der Waals surface area contributed by atoms with Gasteiger partial charge in [0.1, 0.15) is 0 Å². The average Bonchev–Trinajstić information content (AvgIpc) is 3.29. The second-order valence-electron chi connectivity index (χ2n) is 6.21. The molecule has 0 atom stereocenters. The van der Waals surface area contributed by atoms with E-state index in [1.807, 2.05) is 0 Å². The van der Waals surface area contributed by atoms with E-state index in [9.17, 15) is 0 Å². The monoisotopic (exact) mass is 383 g/mol. The number of nitrogens with zero attached hydrogens (tertiary/aromatic N) is 4. The van der Waals surface area contributed by atoms with Crippen LogP contribution >= 0.6 is 15.9 Å². The predicted octanol–water partition coefficient (Wildman–Crippen LogP) is 2.67. The van der Waals surface area contributed by atoms with E-state index in [0.29, 0.717) is 0 Å². The van der Waals surface area contributed by atoms with E-state index >= 15 is 0 Å². The molecule has 1 aliphatic rings. The fourth-order valence-corrected chi connectivity index (χ4v) is 3.41. The Morgan fingerprint density at radius 3 is 2.70 bits per heavy atom. The molecule has 0 saturated heterocycles. The lowest BCUT2D eigenvalue weighted by Gasteiger charge is -2.23. The van der Waals surface area contributed by atoms with Gasteiger partial charge in [-0.1, -0.05) is 6.92 Å². The summed E-state index contributed by atoms with van der Waals surface area (Å²) < 4.78 is 3.27. The third kappa shape index (κ3) is 5.53. The molecule has 0 bridgehead atoms. The van der Waals surface area contributed by atoms with Gasteiger partial charge in [-0.2, -0.15) is 0 Å². The first kappa shape index (κ1) is 18.3. The first-order chi connectivity index (χ1) is 11.0. The van der Waals surface area contributed by atoms with Crippen LogP contribution in [-0.2, 0) is 13.6 Å². The number of hydrogen-bond donors (Lipinski definition) is 1. The minimum absolute atomic E-state index is 0.816. The van der Waals surface area contributed by atoms with Gasteiger partial charge in [0.05, 0.1) is 13.1 Å². The number of hydrogen-bond acceptors (Lipinski definition) is 2. The number of guanidine groups is 1. The summed E-state index contributed by atoms with van der Waals surface area (Å²) in [5.41, 5.74) is 1.26. The van der Waals surface area contributed by atoms with Crippen molar-refractivity contribution in [3.05, 3.63) is 22.4 Å². The van der Waals surface area contributed by atoms with E-state index in [2.05, 4.69) is 75.8 Å². The Hall–Kier alpha value is -1.01. The van der Waals surface area contributed by atoms with E-state index < -0.39 is 0 Å². The number of aryl methyl sites for hydroxylation is 1. The van der Waals surface area contributed by atoms with Crippen LogP contribution in [0.2, 0.25) is 0 Å². The Bertz CT molecular complexity index is 521. The zero-order valence-corrected chi connectivity index (χ0v) is 16.4. The maximum Gasteiger partial charge on any atom is 0.194 e. The van der Waals surface area contributed by atoms with Crippen LogP contribution in [0.15, 0.2) is 21.7 Å². The zero-order valence-electron chi connectivity index (χ0n) is 14.8. The SMILES string of the molecule is CCNC(=NCCN(CC)C1CC1)N(C)Cc1cc(Br)cn1C. The van der Waals surface area contributed by atoms with Gasteiger partial charge in [-0.05, 0) is 48.3 Å². The molecule has 1 saturated carbocycles. The van der Waals surface area contributed by atoms with Gasteiger partial charge >= 0.3 is 0 Å². The molecule has 6 heteroatoms. The number of halogens is 1. The topological polar surface area (TPSA) is 35.8 Å². The molecule has 0 spiro atoms. The van der Waals surface area contributed by atoms with Crippen LogP contribution in [0.5, 0.6) is 0 Å². The van der Waals surface area contributed by atoms with Crippen LogP contribution in [0.25, 0.3) is 0 Å². The molecule has 0 aliphatic heterocycles. The minimum Gasteiger partial charge on any atom is -0.357 e. The Morgan fingerprint density at radius 2 is 2.17 bits per heavy atom.